The number of hydrogen-bond donors (Lipinski definition) is 2. The van der Waals surface area contributed by atoms with Crippen molar-refractivity contribution in [2.75, 3.05) is 0 Å². The van der Waals surface area contributed by atoms with Crippen LogP contribution in [0.1, 0.15) is 18.4 Å². The second-order valence-corrected chi connectivity index (χ2v) is 7.04. The van der Waals surface area contributed by atoms with E-state index >= 15 is 0 Å². The van der Waals surface area contributed by atoms with E-state index in [0.717, 1.165) is 13.0 Å². The summed E-state index contributed by atoms with van der Waals surface area (Å²) in [6.45, 7) is 0.789. The number of carbonyl (C=O) groups excluding carboxylic acids is 1. The zero-order chi connectivity index (χ0) is 17.8. The lowest BCUT2D eigenvalue weighted by atomic mass is 10.1. The number of benzene rings is 1. The molecule has 1 heterocycles. The molecular weight excluding hydrogens is 361 g/mol. The average molecular weight is 380 g/mol. The second-order valence-electron chi connectivity index (χ2n) is 6.26. The number of hydrogen-bond acceptors (Lipinski definition) is 3. The molecule has 1 aromatic carbocycles. The number of nitrogens with zero attached hydrogens (tertiary/aromatic N) is 2. The molecule has 2 N–H and O–H groups in total. The van der Waals surface area contributed by atoms with Gasteiger partial charge in [0.25, 0.3) is 0 Å². The standard InChI is InChI=1S/C18H19Cl2N3O2/c19-14-3-1-2-13(18(14)20)4-5-17(25)22-15-8-12(9-16(15)24)10-23-7-6-21-11-23/h1-7,11-12,15-16,24H,8-10H2,(H,22,25)/b5-4+/t12?,15-,16-/m1/s1. The smallest absolute Gasteiger partial charge is 0.244 e. The molecule has 1 fully saturated rings. The van der Waals surface area contributed by atoms with E-state index < -0.39 is 6.10 Å². The molecule has 1 saturated carbocycles. The van der Waals surface area contributed by atoms with E-state index in [-0.39, 0.29) is 11.9 Å². The molecule has 3 atom stereocenters. The van der Waals surface area contributed by atoms with Crippen LogP contribution in [0.2, 0.25) is 10.0 Å². The van der Waals surface area contributed by atoms with Crippen molar-refractivity contribution in [3.63, 3.8) is 0 Å². The number of aliphatic hydroxyl groups is 1. The maximum Gasteiger partial charge on any atom is 0.244 e. The Kier molecular flexibility index (Phi) is 5.78. The summed E-state index contributed by atoms with van der Waals surface area (Å²) < 4.78 is 1.99. The van der Waals surface area contributed by atoms with Crippen LogP contribution in [0.25, 0.3) is 6.08 Å². The summed E-state index contributed by atoms with van der Waals surface area (Å²) >= 11 is 12.0. The van der Waals surface area contributed by atoms with E-state index in [9.17, 15) is 9.90 Å². The Labute approximate surface area is 156 Å². The number of imidazole rings is 1. The van der Waals surface area contributed by atoms with E-state index in [4.69, 9.17) is 23.2 Å². The van der Waals surface area contributed by atoms with Crippen molar-refractivity contribution in [1.82, 2.24) is 14.9 Å². The monoisotopic (exact) mass is 379 g/mol. The van der Waals surface area contributed by atoms with Gasteiger partial charge < -0.3 is 15.0 Å². The van der Waals surface area contributed by atoms with Gasteiger partial charge in [0.05, 0.1) is 28.5 Å². The maximum atomic E-state index is 12.1. The van der Waals surface area contributed by atoms with Crippen molar-refractivity contribution < 1.29 is 9.90 Å². The summed E-state index contributed by atoms with van der Waals surface area (Å²) in [6.07, 6.45) is 9.27. The van der Waals surface area contributed by atoms with E-state index in [1.807, 2.05) is 10.8 Å². The van der Waals surface area contributed by atoms with Crippen LogP contribution in [0, 0.1) is 5.92 Å². The Morgan fingerprint density at radius 1 is 1.40 bits per heavy atom. The molecule has 1 aromatic heterocycles. The highest BCUT2D eigenvalue weighted by atomic mass is 35.5. The van der Waals surface area contributed by atoms with E-state index in [2.05, 4.69) is 10.3 Å². The molecule has 0 spiro atoms. The number of halogens is 2. The molecule has 0 bridgehead atoms. The highest BCUT2D eigenvalue weighted by Crippen LogP contribution is 2.28. The van der Waals surface area contributed by atoms with Gasteiger partial charge in [-0.05, 0) is 36.5 Å². The minimum Gasteiger partial charge on any atom is -0.391 e. The summed E-state index contributed by atoms with van der Waals surface area (Å²) in [5, 5.41) is 13.9. The largest absolute Gasteiger partial charge is 0.391 e. The van der Waals surface area contributed by atoms with Crippen molar-refractivity contribution >= 4 is 35.2 Å². The van der Waals surface area contributed by atoms with Crippen molar-refractivity contribution in [1.29, 1.82) is 0 Å². The Morgan fingerprint density at radius 3 is 3.00 bits per heavy atom. The van der Waals surface area contributed by atoms with Gasteiger partial charge >= 0.3 is 0 Å². The molecule has 25 heavy (non-hydrogen) atoms. The van der Waals surface area contributed by atoms with Gasteiger partial charge in [-0.1, -0.05) is 35.3 Å². The Hall–Kier alpha value is -1.82. The molecule has 1 amide bonds. The number of aliphatic hydroxyl groups excluding tert-OH is 1. The quantitative estimate of drug-likeness (QED) is 0.784. The molecule has 1 unspecified atom stereocenters. The van der Waals surface area contributed by atoms with E-state index in [1.54, 1.807) is 36.8 Å². The molecule has 0 aliphatic heterocycles. The van der Waals surface area contributed by atoms with Crippen molar-refractivity contribution in [3.05, 3.63) is 58.6 Å². The Morgan fingerprint density at radius 2 is 2.24 bits per heavy atom. The minimum atomic E-state index is -0.541. The molecule has 0 radical (unpaired) electrons. The van der Waals surface area contributed by atoms with Gasteiger partial charge in [0.15, 0.2) is 0 Å². The highest BCUT2D eigenvalue weighted by molar-refractivity contribution is 6.42. The third-order valence-electron chi connectivity index (χ3n) is 4.38. The third kappa shape index (κ3) is 4.63. The summed E-state index contributed by atoms with van der Waals surface area (Å²) in [5.74, 6) is 0.0456. The summed E-state index contributed by atoms with van der Waals surface area (Å²) in [5.41, 5.74) is 0.675. The number of rotatable bonds is 5. The van der Waals surface area contributed by atoms with Crippen LogP contribution in [-0.2, 0) is 11.3 Å². The van der Waals surface area contributed by atoms with Crippen LogP contribution in [0.4, 0.5) is 0 Å². The lowest BCUT2D eigenvalue weighted by molar-refractivity contribution is -0.117. The van der Waals surface area contributed by atoms with E-state index in [1.165, 1.54) is 6.08 Å². The second kappa shape index (κ2) is 8.04. The predicted octanol–water partition coefficient (Wildman–Crippen LogP) is 3.16. The van der Waals surface area contributed by atoms with Crippen LogP contribution >= 0.6 is 23.2 Å². The topological polar surface area (TPSA) is 67.2 Å². The van der Waals surface area contributed by atoms with Crippen molar-refractivity contribution in [2.24, 2.45) is 5.92 Å². The fourth-order valence-corrected chi connectivity index (χ4v) is 3.53. The average Bonchev–Trinajstić information content (AvgIpc) is 3.19. The van der Waals surface area contributed by atoms with Crippen molar-refractivity contribution in [2.45, 2.75) is 31.5 Å². The Bertz CT molecular complexity index is 762. The first kappa shape index (κ1) is 18.0. The first-order chi connectivity index (χ1) is 12.0. The van der Waals surface area contributed by atoms with Gasteiger partial charge in [-0.25, -0.2) is 4.98 Å². The SMILES string of the molecule is O=C(/C=C/c1cccc(Cl)c1Cl)N[C@@H]1CC(Cn2ccnc2)C[C@H]1O. The first-order valence-corrected chi connectivity index (χ1v) is 8.85. The fraction of sp³-hybridized carbons (Fsp3) is 0.333. The molecule has 1 aliphatic carbocycles. The number of aromatic nitrogens is 2. The highest BCUT2D eigenvalue weighted by Gasteiger charge is 2.33. The van der Waals surface area contributed by atoms with Crippen molar-refractivity contribution in [3.8, 4) is 0 Å². The third-order valence-corrected chi connectivity index (χ3v) is 5.21. The minimum absolute atomic E-state index is 0.250. The number of carbonyl (C=O) groups is 1. The maximum absolute atomic E-state index is 12.1. The van der Waals surface area contributed by atoms with Crippen LogP contribution in [0.3, 0.4) is 0 Å². The van der Waals surface area contributed by atoms with Gasteiger partial charge in [-0.15, -0.1) is 0 Å². The summed E-state index contributed by atoms with van der Waals surface area (Å²) in [4.78, 5) is 16.2. The van der Waals surface area contributed by atoms with Crippen LogP contribution < -0.4 is 5.32 Å². The summed E-state index contributed by atoms with van der Waals surface area (Å²) in [6, 6.07) is 4.99. The Balaban J connectivity index is 1.55. The number of nitrogens with one attached hydrogen (secondary N) is 1. The molecule has 0 saturated heterocycles. The zero-order valence-corrected chi connectivity index (χ0v) is 15.0. The molecular formula is C18H19Cl2N3O2. The predicted molar refractivity (Wildman–Crippen MR) is 98.4 cm³/mol. The first-order valence-electron chi connectivity index (χ1n) is 8.09. The number of amides is 1. The summed E-state index contributed by atoms with van der Waals surface area (Å²) in [7, 11) is 0. The van der Waals surface area contributed by atoms with Crippen LogP contribution in [0.15, 0.2) is 43.0 Å². The zero-order valence-electron chi connectivity index (χ0n) is 13.5. The van der Waals surface area contributed by atoms with Crippen LogP contribution in [0.5, 0.6) is 0 Å². The molecule has 3 rings (SSSR count). The molecule has 132 valence electrons. The van der Waals surface area contributed by atoms with Crippen LogP contribution in [-0.4, -0.2) is 32.7 Å². The lowest BCUT2D eigenvalue weighted by Crippen LogP contribution is -2.39. The molecule has 5 nitrogen and oxygen atoms in total. The lowest BCUT2D eigenvalue weighted by Gasteiger charge is -2.15. The van der Waals surface area contributed by atoms with E-state index in [0.29, 0.717) is 27.9 Å². The normalized spacial score (nSPS) is 23.2. The molecule has 2 aromatic rings. The van der Waals surface area contributed by atoms with Gasteiger partial charge in [-0.3, -0.25) is 4.79 Å². The molecule has 1 aliphatic rings. The van der Waals surface area contributed by atoms with Gasteiger partial charge in [0.2, 0.25) is 5.91 Å². The van der Waals surface area contributed by atoms with Gasteiger partial charge in [-0.2, -0.15) is 0 Å². The fourth-order valence-electron chi connectivity index (χ4n) is 3.16. The van der Waals surface area contributed by atoms with Gasteiger partial charge in [0, 0.05) is 25.0 Å². The molecule has 7 heteroatoms. The van der Waals surface area contributed by atoms with Gasteiger partial charge in [0.1, 0.15) is 0 Å².